The molecule has 1 aliphatic heterocycles. The molecule has 0 aromatic heterocycles. The van der Waals surface area contributed by atoms with Crippen LogP contribution in [0.15, 0.2) is 36.4 Å². The molecule has 1 aromatic rings. The highest BCUT2D eigenvalue weighted by Gasteiger charge is 2.16. The third-order valence-electron chi connectivity index (χ3n) is 3.16. The van der Waals surface area contributed by atoms with Crippen LogP contribution in [0, 0.1) is 0 Å². The molecule has 0 bridgehead atoms. The molecule has 0 radical (unpaired) electrons. The fraction of sp³-hybridized carbons (Fsp3) is 0.333. The van der Waals surface area contributed by atoms with Crippen LogP contribution >= 0.6 is 0 Å². The normalized spacial score (nSPS) is 16.3. The summed E-state index contributed by atoms with van der Waals surface area (Å²) in [6.07, 6.45) is 1.46. The van der Waals surface area contributed by atoms with E-state index in [1.54, 1.807) is 4.90 Å². The Morgan fingerprint density at radius 2 is 1.79 bits per heavy atom. The van der Waals surface area contributed by atoms with Gasteiger partial charge in [0, 0.05) is 37.8 Å². The van der Waals surface area contributed by atoms with Gasteiger partial charge < -0.3 is 10.2 Å². The third-order valence-corrected chi connectivity index (χ3v) is 3.16. The quantitative estimate of drug-likeness (QED) is 0.826. The highest BCUT2D eigenvalue weighted by atomic mass is 16.2. The summed E-state index contributed by atoms with van der Waals surface area (Å²) >= 11 is 0. The SMILES string of the molecule is CC(=O)C(=CC(=O)N1CCNCC1)c1ccccc1. The average Bonchev–Trinajstić information content (AvgIpc) is 2.46. The van der Waals surface area contributed by atoms with Gasteiger partial charge in [-0.3, -0.25) is 9.59 Å². The molecule has 1 heterocycles. The number of piperazine rings is 1. The van der Waals surface area contributed by atoms with E-state index < -0.39 is 0 Å². The molecule has 100 valence electrons. The van der Waals surface area contributed by atoms with Crippen molar-refractivity contribution in [1.82, 2.24) is 10.2 Å². The molecule has 4 nitrogen and oxygen atoms in total. The number of hydrogen-bond acceptors (Lipinski definition) is 3. The number of amides is 1. The van der Waals surface area contributed by atoms with Gasteiger partial charge in [-0.2, -0.15) is 0 Å². The summed E-state index contributed by atoms with van der Waals surface area (Å²) in [4.78, 5) is 25.6. The van der Waals surface area contributed by atoms with Gasteiger partial charge in [-0.15, -0.1) is 0 Å². The molecule has 19 heavy (non-hydrogen) atoms. The number of Topliss-reactive ketones (excluding diaryl/α,β-unsaturated/α-hetero) is 1. The van der Waals surface area contributed by atoms with Gasteiger partial charge in [0.1, 0.15) is 0 Å². The summed E-state index contributed by atoms with van der Waals surface area (Å²) in [5.74, 6) is -0.176. The first kappa shape index (κ1) is 13.5. The molecule has 0 spiro atoms. The smallest absolute Gasteiger partial charge is 0.247 e. The molecule has 1 aliphatic rings. The molecular formula is C15H18N2O2. The Hall–Kier alpha value is -1.94. The number of carbonyl (C=O) groups is 2. The van der Waals surface area contributed by atoms with E-state index in [4.69, 9.17) is 0 Å². The first-order chi connectivity index (χ1) is 9.18. The number of hydrogen-bond donors (Lipinski definition) is 1. The second kappa shape index (κ2) is 6.29. The minimum atomic E-state index is -0.0883. The lowest BCUT2D eigenvalue weighted by Gasteiger charge is -2.26. The van der Waals surface area contributed by atoms with Gasteiger partial charge >= 0.3 is 0 Å². The van der Waals surface area contributed by atoms with E-state index >= 15 is 0 Å². The molecule has 1 amide bonds. The van der Waals surface area contributed by atoms with Crippen molar-refractivity contribution in [2.24, 2.45) is 0 Å². The van der Waals surface area contributed by atoms with Crippen LogP contribution in [0.1, 0.15) is 12.5 Å². The molecule has 0 aliphatic carbocycles. The van der Waals surface area contributed by atoms with Crippen molar-refractivity contribution < 1.29 is 9.59 Å². The van der Waals surface area contributed by atoms with Crippen LogP contribution in [-0.4, -0.2) is 42.8 Å². The molecule has 1 fully saturated rings. The summed E-state index contributed by atoms with van der Waals surface area (Å²) in [6, 6.07) is 9.30. The van der Waals surface area contributed by atoms with E-state index in [0.717, 1.165) is 18.7 Å². The van der Waals surface area contributed by atoms with E-state index in [2.05, 4.69) is 5.32 Å². The lowest BCUT2D eigenvalue weighted by Crippen LogP contribution is -2.45. The molecule has 0 unspecified atom stereocenters. The number of benzene rings is 1. The van der Waals surface area contributed by atoms with Crippen LogP contribution in [0.4, 0.5) is 0 Å². The van der Waals surface area contributed by atoms with Gasteiger partial charge in [-0.25, -0.2) is 0 Å². The topological polar surface area (TPSA) is 49.4 Å². The Balaban J connectivity index is 2.21. The largest absolute Gasteiger partial charge is 0.337 e. The first-order valence-corrected chi connectivity index (χ1v) is 6.46. The molecule has 0 saturated carbocycles. The third kappa shape index (κ3) is 3.51. The van der Waals surface area contributed by atoms with E-state index in [9.17, 15) is 9.59 Å². The van der Waals surface area contributed by atoms with Crippen molar-refractivity contribution >= 4 is 17.3 Å². The summed E-state index contributed by atoms with van der Waals surface area (Å²) in [6.45, 7) is 4.48. The van der Waals surface area contributed by atoms with Crippen molar-refractivity contribution in [3.05, 3.63) is 42.0 Å². The standard InChI is InChI=1S/C15H18N2O2/c1-12(18)14(13-5-3-2-4-6-13)11-15(19)17-9-7-16-8-10-17/h2-6,11,16H,7-10H2,1H3. The number of ketones is 1. The fourth-order valence-electron chi connectivity index (χ4n) is 2.11. The van der Waals surface area contributed by atoms with Crippen molar-refractivity contribution in [2.75, 3.05) is 26.2 Å². The molecule has 1 N–H and O–H groups in total. The van der Waals surface area contributed by atoms with Gasteiger partial charge in [0.2, 0.25) is 5.91 Å². The van der Waals surface area contributed by atoms with Crippen LogP contribution in [0.2, 0.25) is 0 Å². The highest BCUT2D eigenvalue weighted by molar-refractivity contribution is 6.23. The zero-order valence-electron chi connectivity index (χ0n) is 11.1. The summed E-state index contributed by atoms with van der Waals surface area (Å²) in [5.41, 5.74) is 1.27. The zero-order chi connectivity index (χ0) is 13.7. The minimum Gasteiger partial charge on any atom is -0.337 e. The maximum Gasteiger partial charge on any atom is 0.247 e. The summed E-state index contributed by atoms with van der Waals surface area (Å²) < 4.78 is 0. The molecule has 0 atom stereocenters. The number of nitrogens with zero attached hydrogens (tertiary/aromatic N) is 1. The van der Waals surface area contributed by atoms with Crippen LogP contribution in [0.25, 0.3) is 5.57 Å². The number of nitrogens with one attached hydrogen (secondary N) is 1. The highest BCUT2D eigenvalue weighted by Crippen LogP contribution is 2.15. The summed E-state index contributed by atoms with van der Waals surface area (Å²) in [5, 5.41) is 3.20. The minimum absolute atomic E-state index is 0.0875. The Bertz CT molecular complexity index is 488. The van der Waals surface area contributed by atoms with Gasteiger partial charge in [-0.1, -0.05) is 30.3 Å². The van der Waals surface area contributed by atoms with E-state index in [1.165, 1.54) is 13.0 Å². The van der Waals surface area contributed by atoms with Crippen LogP contribution in [-0.2, 0) is 9.59 Å². The predicted octanol–water partition coefficient (Wildman–Crippen LogP) is 1.09. The fourth-order valence-corrected chi connectivity index (χ4v) is 2.11. The lowest BCUT2D eigenvalue weighted by molar-refractivity contribution is -0.126. The van der Waals surface area contributed by atoms with E-state index in [1.807, 2.05) is 30.3 Å². The van der Waals surface area contributed by atoms with E-state index in [0.29, 0.717) is 18.7 Å². The number of rotatable bonds is 3. The monoisotopic (exact) mass is 258 g/mol. The Labute approximate surface area is 113 Å². The van der Waals surface area contributed by atoms with Gasteiger partial charge in [0.05, 0.1) is 0 Å². The Morgan fingerprint density at radius 3 is 2.37 bits per heavy atom. The molecule has 1 aromatic carbocycles. The molecule has 4 heteroatoms. The van der Waals surface area contributed by atoms with Crippen molar-refractivity contribution in [3.63, 3.8) is 0 Å². The Kier molecular flexibility index (Phi) is 4.47. The Morgan fingerprint density at radius 1 is 1.16 bits per heavy atom. The summed E-state index contributed by atoms with van der Waals surface area (Å²) in [7, 11) is 0. The van der Waals surface area contributed by atoms with E-state index in [-0.39, 0.29) is 11.7 Å². The number of allylic oxidation sites excluding steroid dienone is 1. The van der Waals surface area contributed by atoms with Crippen molar-refractivity contribution in [3.8, 4) is 0 Å². The molecular weight excluding hydrogens is 240 g/mol. The van der Waals surface area contributed by atoms with Crippen molar-refractivity contribution in [1.29, 1.82) is 0 Å². The van der Waals surface area contributed by atoms with Gasteiger partial charge in [0.25, 0.3) is 0 Å². The average molecular weight is 258 g/mol. The predicted molar refractivity (Wildman–Crippen MR) is 74.5 cm³/mol. The van der Waals surface area contributed by atoms with Crippen LogP contribution < -0.4 is 5.32 Å². The van der Waals surface area contributed by atoms with Crippen molar-refractivity contribution in [2.45, 2.75) is 6.92 Å². The zero-order valence-corrected chi connectivity index (χ0v) is 11.1. The van der Waals surface area contributed by atoms with Gasteiger partial charge in [-0.05, 0) is 12.5 Å². The maximum atomic E-state index is 12.2. The molecule has 1 saturated heterocycles. The second-order valence-electron chi connectivity index (χ2n) is 4.56. The second-order valence-corrected chi connectivity index (χ2v) is 4.56. The number of carbonyl (C=O) groups excluding carboxylic acids is 2. The van der Waals surface area contributed by atoms with Gasteiger partial charge in [0.15, 0.2) is 5.78 Å². The van der Waals surface area contributed by atoms with Crippen LogP contribution in [0.5, 0.6) is 0 Å². The van der Waals surface area contributed by atoms with Crippen LogP contribution in [0.3, 0.4) is 0 Å². The molecule has 2 rings (SSSR count). The maximum absolute atomic E-state index is 12.2. The lowest BCUT2D eigenvalue weighted by atomic mass is 10.0. The first-order valence-electron chi connectivity index (χ1n) is 6.46.